The van der Waals surface area contributed by atoms with Gasteiger partial charge >= 0.3 is 0 Å². The summed E-state index contributed by atoms with van der Waals surface area (Å²) in [4.78, 5) is 12.6. The number of nitrogens with one attached hydrogen (secondary N) is 1. The highest BCUT2D eigenvalue weighted by Crippen LogP contribution is 2.45. The molecule has 1 amide bonds. The first-order valence-electron chi connectivity index (χ1n) is 9.92. The highest BCUT2D eigenvalue weighted by Gasteiger charge is 2.29. The number of ether oxygens (including phenoxy) is 2. The van der Waals surface area contributed by atoms with Gasteiger partial charge < -0.3 is 14.8 Å². The van der Waals surface area contributed by atoms with Crippen molar-refractivity contribution in [2.75, 3.05) is 11.9 Å². The van der Waals surface area contributed by atoms with Crippen LogP contribution in [0.3, 0.4) is 0 Å². The van der Waals surface area contributed by atoms with E-state index in [9.17, 15) is 4.79 Å². The Balaban J connectivity index is 1.85. The third-order valence-electron chi connectivity index (χ3n) is 5.08. The number of benzene rings is 3. The predicted molar refractivity (Wildman–Crippen MR) is 120 cm³/mol. The average molecular weight is 454 g/mol. The van der Waals surface area contributed by atoms with Gasteiger partial charge in [0.1, 0.15) is 0 Å². The first-order chi connectivity index (χ1) is 14.0. The lowest BCUT2D eigenvalue weighted by Gasteiger charge is -2.28. The van der Waals surface area contributed by atoms with Gasteiger partial charge in [-0.1, -0.05) is 36.4 Å². The van der Waals surface area contributed by atoms with Crippen molar-refractivity contribution < 1.29 is 14.3 Å². The summed E-state index contributed by atoms with van der Waals surface area (Å²) >= 11 is 3.65. The maximum Gasteiger partial charge on any atom is 0.225 e. The predicted octanol–water partition coefficient (Wildman–Crippen LogP) is 6.26. The highest BCUT2D eigenvalue weighted by molar-refractivity contribution is 9.10. The van der Waals surface area contributed by atoms with Crippen LogP contribution in [0, 0.1) is 0 Å². The molecular weight excluding hydrogens is 430 g/mol. The molecule has 0 radical (unpaired) electrons. The first-order valence-corrected chi connectivity index (χ1v) is 10.7. The summed E-state index contributed by atoms with van der Waals surface area (Å²) in [6.45, 7) is 6.47. The van der Waals surface area contributed by atoms with Gasteiger partial charge in [0.25, 0.3) is 0 Å². The van der Waals surface area contributed by atoms with Crippen LogP contribution in [-0.2, 0) is 4.79 Å². The molecule has 29 heavy (non-hydrogen) atoms. The summed E-state index contributed by atoms with van der Waals surface area (Å²) in [6.07, 6.45) is 0.428. The molecule has 0 saturated carbocycles. The Morgan fingerprint density at radius 3 is 2.72 bits per heavy atom. The number of hydrogen-bond acceptors (Lipinski definition) is 3. The van der Waals surface area contributed by atoms with Gasteiger partial charge in [0.15, 0.2) is 11.5 Å². The lowest BCUT2D eigenvalue weighted by atomic mass is 9.83. The molecule has 0 fully saturated rings. The van der Waals surface area contributed by atoms with E-state index >= 15 is 0 Å². The number of hydrogen-bond donors (Lipinski definition) is 1. The number of carbonyl (C=O) groups excluding carboxylic acids is 1. The van der Waals surface area contributed by atoms with E-state index < -0.39 is 0 Å². The molecule has 1 aliphatic rings. The molecule has 4 rings (SSSR count). The maximum atomic E-state index is 12.6. The molecule has 0 saturated heterocycles. The Morgan fingerprint density at radius 2 is 1.97 bits per heavy atom. The fraction of sp³-hybridized carbons (Fsp3) is 0.292. The quantitative estimate of drug-likeness (QED) is 0.495. The minimum atomic E-state index is -0.0491. The monoisotopic (exact) mass is 453 g/mol. The fourth-order valence-corrected chi connectivity index (χ4v) is 4.46. The first kappa shape index (κ1) is 19.8. The van der Waals surface area contributed by atoms with Gasteiger partial charge in [0, 0.05) is 17.7 Å². The van der Waals surface area contributed by atoms with Crippen molar-refractivity contribution in [1.82, 2.24) is 0 Å². The van der Waals surface area contributed by atoms with Crippen molar-refractivity contribution in [1.29, 1.82) is 0 Å². The lowest BCUT2D eigenvalue weighted by Crippen LogP contribution is -2.24. The Labute approximate surface area is 179 Å². The Hall–Kier alpha value is -2.53. The van der Waals surface area contributed by atoms with E-state index in [2.05, 4.69) is 45.5 Å². The van der Waals surface area contributed by atoms with Crippen molar-refractivity contribution in [2.24, 2.45) is 0 Å². The summed E-state index contributed by atoms with van der Waals surface area (Å²) in [7, 11) is 0. The molecule has 3 aromatic rings. The van der Waals surface area contributed by atoms with Gasteiger partial charge in [-0.25, -0.2) is 0 Å². The van der Waals surface area contributed by atoms with E-state index in [1.165, 1.54) is 0 Å². The number of halogens is 1. The van der Waals surface area contributed by atoms with Gasteiger partial charge in [-0.05, 0) is 65.3 Å². The smallest absolute Gasteiger partial charge is 0.225 e. The highest BCUT2D eigenvalue weighted by atomic mass is 79.9. The Morgan fingerprint density at radius 1 is 1.17 bits per heavy atom. The summed E-state index contributed by atoms with van der Waals surface area (Å²) < 4.78 is 12.7. The Kier molecular flexibility index (Phi) is 5.50. The molecular formula is C24H24BrNO3. The van der Waals surface area contributed by atoms with Crippen molar-refractivity contribution in [2.45, 2.75) is 39.2 Å². The molecule has 0 bridgehead atoms. The number of rotatable bonds is 5. The third kappa shape index (κ3) is 3.84. The molecule has 1 aliphatic heterocycles. The van der Waals surface area contributed by atoms with Crippen LogP contribution in [-0.4, -0.2) is 18.6 Å². The molecule has 0 aliphatic carbocycles. The molecule has 150 valence electrons. The number of fused-ring (bicyclic) bond motifs is 3. The summed E-state index contributed by atoms with van der Waals surface area (Å²) in [5.41, 5.74) is 3.05. The lowest BCUT2D eigenvalue weighted by molar-refractivity contribution is -0.116. The van der Waals surface area contributed by atoms with Crippen LogP contribution >= 0.6 is 15.9 Å². The van der Waals surface area contributed by atoms with Crippen molar-refractivity contribution in [3.63, 3.8) is 0 Å². The topological polar surface area (TPSA) is 47.6 Å². The molecule has 1 heterocycles. The van der Waals surface area contributed by atoms with Crippen LogP contribution in [0.2, 0.25) is 0 Å². The number of amides is 1. The SMILES string of the molecule is CCOc1cc(C2CC(=O)Nc3c2ccc2ccccc32)cc(Br)c1OC(C)C. The van der Waals surface area contributed by atoms with E-state index in [1.54, 1.807) is 0 Å². The van der Waals surface area contributed by atoms with Gasteiger partial charge in [0.05, 0.1) is 22.9 Å². The molecule has 1 atom stereocenters. The van der Waals surface area contributed by atoms with E-state index in [-0.39, 0.29) is 17.9 Å². The van der Waals surface area contributed by atoms with E-state index in [0.29, 0.717) is 24.5 Å². The number of carbonyl (C=O) groups is 1. The van der Waals surface area contributed by atoms with Crippen LogP contribution < -0.4 is 14.8 Å². The minimum Gasteiger partial charge on any atom is -0.490 e. The van der Waals surface area contributed by atoms with Gasteiger partial charge in [0.2, 0.25) is 5.91 Å². The second kappa shape index (κ2) is 8.07. The molecule has 1 N–H and O–H groups in total. The summed E-state index contributed by atoms with van der Waals surface area (Å²) in [5.74, 6) is 1.37. The zero-order valence-corrected chi connectivity index (χ0v) is 18.4. The van der Waals surface area contributed by atoms with Crippen molar-refractivity contribution in [3.05, 3.63) is 64.1 Å². The van der Waals surface area contributed by atoms with Crippen LogP contribution in [0.1, 0.15) is 44.2 Å². The van der Waals surface area contributed by atoms with Crippen LogP contribution in [0.15, 0.2) is 53.0 Å². The minimum absolute atomic E-state index is 0.0236. The molecule has 3 aromatic carbocycles. The second-order valence-corrected chi connectivity index (χ2v) is 8.34. The van der Waals surface area contributed by atoms with Gasteiger partial charge in [-0.3, -0.25) is 4.79 Å². The average Bonchev–Trinajstić information content (AvgIpc) is 2.69. The normalized spacial score (nSPS) is 15.9. The van der Waals surface area contributed by atoms with Crippen molar-refractivity contribution in [3.8, 4) is 11.5 Å². The van der Waals surface area contributed by atoms with Crippen LogP contribution in [0.25, 0.3) is 10.8 Å². The maximum absolute atomic E-state index is 12.6. The molecule has 0 aromatic heterocycles. The summed E-state index contributed by atoms with van der Waals surface area (Å²) in [5, 5.41) is 5.26. The molecule has 5 heteroatoms. The molecule has 1 unspecified atom stereocenters. The van der Waals surface area contributed by atoms with Gasteiger partial charge in [-0.15, -0.1) is 0 Å². The van der Waals surface area contributed by atoms with E-state index in [1.807, 2.05) is 45.0 Å². The Bertz CT molecular complexity index is 1080. The molecule has 0 spiro atoms. The fourth-order valence-electron chi connectivity index (χ4n) is 3.90. The largest absolute Gasteiger partial charge is 0.490 e. The van der Waals surface area contributed by atoms with E-state index in [0.717, 1.165) is 32.1 Å². The van der Waals surface area contributed by atoms with Crippen molar-refractivity contribution >= 4 is 38.3 Å². The standard InChI is InChI=1S/C24H24BrNO3/c1-4-28-21-12-16(11-20(25)24(21)29-14(2)3)19-13-22(27)26-23-17-8-6-5-7-15(17)9-10-18(19)23/h5-12,14,19H,4,13H2,1-3H3,(H,26,27). The van der Waals surface area contributed by atoms with Crippen LogP contribution in [0.4, 0.5) is 5.69 Å². The zero-order chi connectivity index (χ0) is 20.5. The second-order valence-electron chi connectivity index (χ2n) is 7.49. The molecule has 4 nitrogen and oxygen atoms in total. The van der Waals surface area contributed by atoms with E-state index in [4.69, 9.17) is 9.47 Å². The van der Waals surface area contributed by atoms with Gasteiger partial charge in [-0.2, -0.15) is 0 Å². The zero-order valence-electron chi connectivity index (χ0n) is 16.8. The number of anilines is 1. The summed E-state index contributed by atoms with van der Waals surface area (Å²) in [6, 6.07) is 16.4. The van der Waals surface area contributed by atoms with Crippen LogP contribution in [0.5, 0.6) is 11.5 Å². The third-order valence-corrected chi connectivity index (χ3v) is 5.67.